The van der Waals surface area contributed by atoms with Crippen molar-refractivity contribution in [3.8, 4) is 17.6 Å². The summed E-state index contributed by atoms with van der Waals surface area (Å²) in [5, 5.41) is 0. The van der Waals surface area contributed by atoms with Crippen LogP contribution in [0.25, 0.3) is 0 Å². The van der Waals surface area contributed by atoms with Gasteiger partial charge < -0.3 is 15.2 Å². The standard InChI is InChI=1S/C16H16N2O2/c17-8-4-7-15-9-16(11-18-10-15)20-13-19-12-14-5-2-1-3-6-14/h1-3,5-6,9-11H,8,12-13,17H2. The zero-order chi connectivity index (χ0) is 14.0. The lowest BCUT2D eigenvalue weighted by Gasteiger charge is -2.07. The van der Waals surface area contributed by atoms with Crippen molar-refractivity contribution in [2.75, 3.05) is 13.3 Å². The maximum absolute atomic E-state index is 5.46. The molecule has 0 saturated carbocycles. The van der Waals surface area contributed by atoms with Gasteiger partial charge in [0, 0.05) is 11.8 Å². The van der Waals surface area contributed by atoms with Crippen LogP contribution in [-0.2, 0) is 11.3 Å². The van der Waals surface area contributed by atoms with E-state index < -0.39 is 0 Å². The number of ether oxygens (including phenoxy) is 2. The van der Waals surface area contributed by atoms with E-state index >= 15 is 0 Å². The zero-order valence-electron chi connectivity index (χ0n) is 11.1. The lowest BCUT2D eigenvalue weighted by molar-refractivity contribution is 0.00484. The van der Waals surface area contributed by atoms with Crippen LogP contribution in [0, 0.1) is 11.8 Å². The Morgan fingerprint density at radius 3 is 2.80 bits per heavy atom. The molecule has 1 aromatic heterocycles. The van der Waals surface area contributed by atoms with E-state index in [0.29, 0.717) is 18.9 Å². The molecular weight excluding hydrogens is 252 g/mol. The number of hydrogen-bond acceptors (Lipinski definition) is 4. The van der Waals surface area contributed by atoms with Crippen LogP contribution < -0.4 is 10.5 Å². The summed E-state index contributed by atoms with van der Waals surface area (Å²) in [5.74, 6) is 6.30. The monoisotopic (exact) mass is 268 g/mol. The molecule has 102 valence electrons. The van der Waals surface area contributed by atoms with Crippen molar-refractivity contribution >= 4 is 0 Å². The predicted octanol–water partition coefficient (Wildman–Crippen LogP) is 1.94. The molecule has 0 radical (unpaired) electrons. The van der Waals surface area contributed by atoms with E-state index in [1.807, 2.05) is 36.4 Å². The second kappa shape index (κ2) is 7.95. The van der Waals surface area contributed by atoms with Gasteiger partial charge in [0.15, 0.2) is 6.79 Å². The average molecular weight is 268 g/mol. The number of hydrogen-bond donors (Lipinski definition) is 1. The van der Waals surface area contributed by atoms with Gasteiger partial charge in [0.25, 0.3) is 0 Å². The van der Waals surface area contributed by atoms with Crippen LogP contribution in [0.15, 0.2) is 48.8 Å². The summed E-state index contributed by atoms with van der Waals surface area (Å²) in [6.07, 6.45) is 3.29. The molecule has 2 N–H and O–H groups in total. The van der Waals surface area contributed by atoms with E-state index in [9.17, 15) is 0 Å². The normalized spacial score (nSPS) is 9.65. The summed E-state index contributed by atoms with van der Waals surface area (Å²) < 4.78 is 10.9. The van der Waals surface area contributed by atoms with Gasteiger partial charge in [-0.25, -0.2) is 0 Å². The largest absolute Gasteiger partial charge is 0.466 e. The number of pyridine rings is 1. The Bertz CT molecular complexity index is 588. The summed E-state index contributed by atoms with van der Waals surface area (Å²) in [4.78, 5) is 4.05. The van der Waals surface area contributed by atoms with Crippen LogP contribution in [-0.4, -0.2) is 18.3 Å². The minimum Gasteiger partial charge on any atom is -0.466 e. The van der Waals surface area contributed by atoms with Gasteiger partial charge >= 0.3 is 0 Å². The van der Waals surface area contributed by atoms with Crippen molar-refractivity contribution in [2.45, 2.75) is 6.61 Å². The summed E-state index contributed by atoms with van der Waals surface area (Å²) in [6.45, 7) is 1.01. The highest BCUT2D eigenvalue weighted by Gasteiger charge is 1.97. The van der Waals surface area contributed by atoms with Crippen LogP contribution in [0.1, 0.15) is 11.1 Å². The maximum atomic E-state index is 5.46. The average Bonchev–Trinajstić information content (AvgIpc) is 2.51. The third kappa shape index (κ3) is 4.73. The molecule has 2 aromatic rings. The first-order chi connectivity index (χ1) is 9.88. The van der Waals surface area contributed by atoms with Gasteiger partial charge in [-0.3, -0.25) is 4.98 Å². The molecular formula is C16H16N2O2. The summed E-state index contributed by atoms with van der Waals surface area (Å²) in [7, 11) is 0. The Labute approximate surface area is 118 Å². The van der Waals surface area contributed by atoms with Crippen LogP contribution in [0.5, 0.6) is 5.75 Å². The quantitative estimate of drug-likeness (QED) is 0.511. The van der Waals surface area contributed by atoms with Crippen molar-refractivity contribution < 1.29 is 9.47 Å². The van der Waals surface area contributed by atoms with E-state index in [2.05, 4.69) is 16.8 Å². The molecule has 0 fully saturated rings. The highest BCUT2D eigenvalue weighted by Crippen LogP contribution is 2.10. The van der Waals surface area contributed by atoms with E-state index in [4.69, 9.17) is 15.2 Å². The number of rotatable bonds is 5. The molecule has 4 nitrogen and oxygen atoms in total. The fraction of sp³-hybridized carbons (Fsp3) is 0.188. The molecule has 0 bridgehead atoms. The minimum atomic E-state index is 0.171. The Morgan fingerprint density at radius 2 is 2.00 bits per heavy atom. The molecule has 20 heavy (non-hydrogen) atoms. The Kier molecular flexibility index (Phi) is 5.59. The van der Waals surface area contributed by atoms with Gasteiger partial charge in [-0.05, 0) is 11.6 Å². The highest BCUT2D eigenvalue weighted by atomic mass is 16.7. The van der Waals surface area contributed by atoms with Crippen LogP contribution >= 0.6 is 0 Å². The number of nitrogens with two attached hydrogens (primary N) is 1. The SMILES string of the molecule is NCC#Cc1cncc(OCOCc2ccccc2)c1. The summed E-state index contributed by atoms with van der Waals surface area (Å²) in [5.41, 5.74) is 7.20. The summed E-state index contributed by atoms with van der Waals surface area (Å²) in [6, 6.07) is 11.7. The molecule has 0 spiro atoms. The lowest BCUT2D eigenvalue weighted by Crippen LogP contribution is -2.03. The third-order valence-electron chi connectivity index (χ3n) is 2.47. The Hall–Kier alpha value is -2.35. The van der Waals surface area contributed by atoms with Gasteiger partial charge in [0.1, 0.15) is 5.75 Å². The molecule has 0 atom stereocenters. The van der Waals surface area contributed by atoms with E-state index in [-0.39, 0.29) is 6.79 Å². The molecule has 1 heterocycles. The van der Waals surface area contributed by atoms with Crippen molar-refractivity contribution in [3.05, 3.63) is 59.9 Å². The van der Waals surface area contributed by atoms with Crippen molar-refractivity contribution in [1.82, 2.24) is 4.98 Å². The van der Waals surface area contributed by atoms with Crippen molar-refractivity contribution in [1.29, 1.82) is 0 Å². The molecule has 4 heteroatoms. The number of nitrogens with zero attached hydrogens (tertiary/aromatic N) is 1. The second-order valence-corrected chi connectivity index (χ2v) is 4.01. The third-order valence-corrected chi connectivity index (χ3v) is 2.47. The fourth-order valence-corrected chi connectivity index (χ4v) is 1.56. The smallest absolute Gasteiger partial charge is 0.189 e. The van der Waals surface area contributed by atoms with Gasteiger partial charge in [0.2, 0.25) is 0 Å². The molecule has 0 aliphatic rings. The van der Waals surface area contributed by atoms with E-state index in [1.54, 1.807) is 12.4 Å². The second-order valence-electron chi connectivity index (χ2n) is 4.01. The number of benzene rings is 1. The first-order valence-corrected chi connectivity index (χ1v) is 6.27. The van der Waals surface area contributed by atoms with Crippen LogP contribution in [0.4, 0.5) is 0 Å². The lowest BCUT2D eigenvalue weighted by atomic mass is 10.2. The maximum Gasteiger partial charge on any atom is 0.189 e. The fourth-order valence-electron chi connectivity index (χ4n) is 1.56. The van der Waals surface area contributed by atoms with E-state index in [0.717, 1.165) is 11.1 Å². The van der Waals surface area contributed by atoms with Crippen molar-refractivity contribution in [3.63, 3.8) is 0 Å². The molecule has 1 aromatic carbocycles. The highest BCUT2D eigenvalue weighted by molar-refractivity contribution is 5.36. The minimum absolute atomic E-state index is 0.171. The molecule has 0 aliphatic heterocycles. The summed E-state index contributed by atoms with van der Waals surface area (Å²) >= 11 is 0. The Balaban J connectivity index is 1.79. The van der Waals surface area contributed by atoms with Crippen LogP contribution in [0.3, 0.4) is 0 Å². The van der Waals surface area contributed by atoms with Gasteiger partial charge in [0.05, 0.1) is 19.3 Å². The van der Waals surface area contributed by atoms with Crippen molar-refractivity contribution in [2.24, 2.45) is 5.73 Å². The van der Waals surface area contributed by atoms with Gasteiger partial charge in [-0.15, -0.1) is 0 Å². The van der Waals surface area contributed by atoms with Crippen LogP contribution in [0.2, 0.25) is 0 Å². The molecule has 2 rings (SSSR count). The van der Waals surface area contributed by atoms with E-state index in [1.165, 1.54) is 0 Å². The van der Waals surface area contributed by atoms with Gasteiger partial charge in [-0.1, -0.05) is 42.2 Å². The predicted molar refractivity (Wildman–Crippen MR) is 76.9 cm³/mol. The zero-order valence-corrected chi connectivity index (χ0v) is 11.1. The Morgan fingerprint density at radius 1 is 1.15 bits per heavy atom. The molecule has 0 aliphatic carbocycles. The first-order valence-electron chi connectivity index (χ1n) is 6.27. The molecule has 0 unspecified atom stereocenters. The van der Waals surface area contributed by atoms with Gasteiger partial charge in [-0.2, -0.15) is 0 Å². The number of aromatic nitrogens is 1. The molecule has 0 saturated heterocycles. The first kappa shape index (κ1) is 14.1. The topological polar surface area (TPSA) is 57.4 Å². The molecule has 0 amide bonds.